The van der Waals surface area contributed by atoms with Gasteiger partial charge in [-0.15, -0.1) is 0 Å². The van der Waals surface area contributed by atoms with E-state index in [1.165, 1.54) is 18.2 Å². The van der Waals surface area contributed by atoms with Gasteiger partial charge in [-0.1, -0.05) is 13.0 Å². The molecule has 1 aromatic carbocycles. The number of non-ortho nitro benzene ring substituents is 1. The SMILES string of the molecule is CCCNC(=O)c1cccc([N+](=O)[O-])c1. The van der Waals surface area contributed by atoms with Crippen LogP contribution in [0.3, 0.4) is 0 Å². The monoisotopic (exact) mass is 208 g/mol. The molecular formula is C10H12N2O3. The molecule has 15 heavy (non-hydrogen) atoms. The number of nitrogens with one attached hydrogen (secondary N) is 1. The van der Waals surface area contributed by atoms with Crippen LogP contribution in [0.15, 0.2) is 24.3 Å². The highest BCUT2D eigenvalue weighted by Crippen LogP contribution is 2.12. The van der Waals surface area contributed by atoms with Crippen molar-refractivity contribution in [1.82, 2.24) is 5.32 Å². The van der Waals surface area contributed by atoms with E-state index in [1.807, 2.05) is 6.92 Å². The Labute approximate surface area is 87.3 Å². The van der Waals surface area contributed by atoms with Crippen LogP contribution in [-0.2, 0) is 0 Å². The molecular weight excluding hydrogens is 196 g/mol. The summed E-state index contributed by atoms with van der Waals surface area (Å²) in [5, 5.41) is 13.1. The third-order valence-corrected chi connectivity index (χ3v) is 1.85. The fourth-order valence-corrected chi connectivity index (χ4v) is 1.10. The Morgan fingerprint density at radius 2 is 2.27 bits per heavy atom. The summed E-state index contributed by atoms with van der Waals surface area (Å²) in [5.74, 6) is -0.277. The number of nitrogens with zero attached hydrogens (tertiary/aromatic N) is 1. The Bertz CT molecular complexity index is 377. The highest BCUT2D eigenvalue weighted by atomic mass is 16.6. The van der Waals surface area contributed by atoms with Crippen LogP contribution in [0.4, 0.5) is 5.69 Å². The van der Waals surface area contributed by atoms with Crippen molar-refractivity contribution in [2.45, 2.75) is 13.3 Å². The van der Waals surface area contributed by atoms with Gasteiger partial charge in [-0.2, -0.15) is 0 Å². The van der Waals surface area contributed by atoms with Gasteiger partial charge in [-0.05, 0) is 12.5 Å². The highest BCUT2D eigenvalue weighted by molar-refractivity contribution is 5.94. The molecule has 0 bridgehead atoms. The molecule has 0 saturated carbocycles. The van der Waals surface area contributed by atoms with E-state index < -0.39 is 4.92 Å². The van der Waals surface area contributed by atoms with Crippen molar-refractivity contribution in [2.24, 2.45) is 0 Å². The molecule has 0 aliphatic heterocycles. The lowest BCUT2D eigenvalue weighted by atomic mass is 10.2. The molecule has 0 aliphatic rings. The highest BCUT2D eigenvalue weighted by Gasteiger charge is 2.10. The van der Waals surface area contributed by atoms with Crippen molar-refractivity contribution in [3.63, 3.8) is 0 Å². The maximum Gasteiger partial charge on any atom is 0.270 e. The molecule has 5 heteroatoms. The van der Waals surface area contributed by atoms with Crippen molar-refractivity contribution in [3.05, 3.63) is 39.9 Å². The average molecular weight is 208 g/mol. The lowest BCUT2D eigenvalue weighted by Gasteiger charge is -2.02. The maximum absolute atomic E-state index is 11.4. The van der Waals surface area contributed by atoms with Gasteiger partial charge in [0.1, 0.15) is 0 Å². The Hall–Kier alpha value is -1.91. The summed E-state index contributed by atoms with van der Waals surface area (Å²) in [6, 6.07) is 5.68. The van der Waals surface area contributed by atoms with Gasteiger partial charge in [0.05, 0.1) is 4.92 Å². The fourth-order valence-electron chi connectivity index (χ4n) is 1.10. The Morgan fingerprint density at radius 3 is 2.87 bits per heavy atom. The van der Waals surface area contributed by atoms with Crippen molar-refractivity contribution >= 4 is 11.6 Å². The molecule has 1 N–H and O–H groups in total. The summed E-state index contributed by atoms with van der Waals surface area (Å²) in [4.78, 5) is 21.4. The number of nitro groups is 1. The first-order chi connectivity index (χ1) is 7.15. The zero-order valence-corrected chi connectivity index (χ0v) is 8.40. The summed E-state index contributed by atoms with van der Waals surface area (Å²) in [5.41, 5.74) is 0.247. The smallest absolute Gasteiger partial charge is 0.270 e. The number of rotatable bonds is 4. The number of nitro benzene ring substituents is 1. The lowest BCUT2D eigenvalue weighted by molar-refractivity contribution is -0.384. The predicted molar refractivity (Wildman–Crippen MR) is 55.7 cm³/mol. The molecule has 0 aliphatic carbocycles. The molecule has 0 unspecified atom stereocenters. The van der Waals surface area contributed by atoms with Gasteiger partial charge in [0.2, 0.25) is 0 Å². The number of benzene rings is 1. The first kappa shape index (κ1) is 11.2. The number of hydrogen-bond donors (Lipinski definition) is 1. The fraction of sp³-hybridized carbons (Fsp3) is 0.300. The molecule has 5 nitrogen and oxygen atoms in total. The van der Waals surface area contributed by atoms with E-state index in [2.05, 4.69) is 5.32 Å². The van der Waals surface area contributed by atoms with Crippen LogP contribution in [0.2, 0.25) is 0 Å². The zero-order chi connectivity index (χ0) is 11.3. The summed E-state index contributed by atoms with van der Waals surface area (Å²) < 4.78 is 0. The van der Waals surface area contributed by atoms with Crippen molar-refractivity contribution in [3.8, 4) is 0 Å². The Morgan fingerprint density at radius 1 is 1.53 bits per heavy atom. The van der Waals surface area contributed by atoms with E-state index in [4.69, 9.17) is 0 Å². The minimum atomic E-state index is -0.517. The number of hydrogen-bond acceptors (Lipinski definition) is 3. The minimum absolute atomic E-state index is 0.0702. The second-order valence-electron chi connectivity index (χ2n) is 3.06. The molecule has 0 atom stereocenters. The quantitative estimate of drug-likeness (QED) is 0.605. The number of carbonyl (C=O) groups excluding carboxylic acids is 1. The van der Waals surface area contributed by atoms with Crippen LogP contribution in [0.5, 0.6) is 0 Å². The molecule has 0 spiro atoms. The molecule has 1 aromatic rings. The predicted octanol–water partition coefficient (Wildman–Crippen LogP) is 1.73. The number of carbonyl (C=O) groups is 1. The maximum atomic E-state index is 11.4. The lowest BCUT2D eigenvalue weighted by Crippen LogP contribution is -2.23. The first-order valence-electron chi connectivity index (χ1n) is 4.67. The van der Waals surface area contributed by atoms with Gasteiger partial charge in [0, 0.05) is 24.2 Å². The van der Waals surface area contributed by atoms with Gasteiger partial charge < -0.3 is 5.32 Å². The van der Waals surface area contributed by atoms with Gasteiger partial charge in [-0.3, -0.25) is 14.9 Å². The van der Waals surface area contributed by atoms with E-state index in [9.17, 15) is 14.9 Å². The average Bonchev–Trinajstić information content (AvgIpc) is 2.26. The normalized spacial score (nSPS) is 9.67. The molecule has 80 valence electrons. The van der Waals surface area contributed by atoms with Crippen molar-refractivity contribution < 1.29 is 9.72 Å². The summed E-state index contributed by atoms with van der Waals surface area (Å²) >= 11 is 0. The van der Waals surface area contributed by atoms with Gasteiger partial charge in [0.15, 0.2) is 0 Å². The Balaban J connectivity index is 2.81. The summed E-state index contributed by atoms with van der Waals surface area (Å²) in [7, 11) is 0. The van der Waals surface area contributed by atoms with E-state index in [1.54, 1.807) is 6.07 Å². The third-order valence-electron chi connectivity index (χ3n) is 1.85. The zero-order valence-electron chi connectivity index (χ0n) is 8.40. The van der Waals surface area contributed by atoms with Gasteiger partial charge in [0.25, 0.3) is 11.6 Å². The number of amides is 1. The largest absolute Gasteiger partial charge is 0.352 e. The summed E-state index contributed by atoms with van der Waals surface area (Å²) in [6.45, 7) is 2.51. The van der Waals surface area contributed by atoms with Gasteiger partial charge >= 0.3 is 0 Å². The van der Waals surface area contributed by atoms with E-state index in [0.29, 0.717) is 12.1 Å². The molecule has 0 fully saturated rings. The minimum Gasteiger partial charge on any atom is -0.352 e. The summed E-state index contributed by atoms with van der Waals surface area (Å²) in [6.07, 6.45) is 0.834. The van der Waals surface area contributed by atoms with Crippen LogP contribution >= 0.6 is 0 Å². The Kier molecular flexibility index (Phi) is 3.79. The van der Waals surface area contributed by atoms with E-state index in [-0.39, 0.29) is 11.6 Å². The molecule has 0 saturated heterocycles. The second-order valence-corrected chi connectivity index (χ2v) is 3.06. The van der Waals surface area contributed by atoms with Crippen LogP contribution in [0.1, 0.15) is 23.7 Å². The molecule has 1 amide bonds. The van der Waals surface area contributed by atoms with Crippen molar-refractivity contribution in [1.29, 1.82) is 0 Å². The second kappa shape index (κ2) is 5.09. The van der Waals surface area contributed by atoms with Gasteiger partial charge in [-0.25, -0.2) is 0 Å². The van der Waals surface area contributed by atoms with Crippen LogP contribution in [-0.4, -0.2) is 17.4 Å². The molecule has 1 rings (SSSR count). The molecule has 0 radical (unpaired) electrons. The van der Waals surface area contributed by atoms with Crippen molar-refractivity contribution in [2.75, 3.05) is 6.54 Å². The topological polar surface area (TPSA) is 72.2 Å². The first-order valence-corrected chi connectivity index (χ1v) is 4.67. The van der Waals surface area contributed by atoms with E-state index in [0.717, 1.165) is 6.42 Å². The molecule has 0 heterocycles. The molecule has 0 aromatic heterocycles. The van der Waals surface area contributed by atoms with Crippen LogP contribution in [0, 0.1) is 10.1 Å². The van der Waals surface area contributed by atoms with Crippen LogP contribution < -0.4 is 5.32 Å². The van der Waals surface area contributed by atoms with Crippen LogP contribution in [0.25, 0.3) is 0 Å². The van der Waals surface area contributed by atoms with E-state index >= 15 is 0 Å². The standard InChI is InChI=1S/C10H12N2O3/c1-2-6-11-10(13)8-4-3-5-9(7-8)12(14)15/h3-5,7H,2,6H2,1H3,(H,11,13). The third kappa shape index (κ3) is 3.05.